The number of ether oxygens (including phenoxy) is 1. The summed E-state index contributed by atoms with van der Waals surface area (Å²) in [5, 5.41) is 18.3. The highest BCUT2D eigenvalue weighted by Crippen LogP contribution is 2.32. The third-order valence-electron chi connectivity index (χ3n) is 3.13. The van der Waals surface area contributed by atoms with Crippen LogP contribution < -0.4 is 4.74 Å². The monoisotopic (exact) mass is 240 g/mol. The molecular weight excluding hydrogens is 223 g/mol. The maximum atomic E-state index is 13.4. The molecule has 0 aromatic heterocycles. The van der Waals surface area contributed by atoms with E-state index in [1.54, 1.807) is 6.07 Å². The summed E-state index contributed by atoms with van der Waals surface area (Å²) in [6.45, 7) is 1.66. The van der Waals surface area contributed by atoms with Crippen LogP contribution in [0.2, 0.25) is 0 Å². The first-order chi connectivity index (χ1) is 8.10. The maximum Gasteiger partial charge on any atom is 0.129 e. The van der Waals surface area contributed by atoms with Crippen molar-refractivity contribution in [1.82, 2.24) is 0 Å². The first-order valence-corrected chi connectivity index (χ1v) is 5.85. The fourth-order valence-electron chi connectivity index (χ4n) is 2.07. The SMILES string of the molecule is CC1CC(Oc2ccc(F)c(C(O)CO)c2)C1. The topological polar surface area (TPSA) is 49.7 Å². The van der Waals surface area contributed by atoms with Crippen LogP contribution in [-0.2, 0) is 0 Å². The van der Waals surface area contributed by atoms with Gasteiger partial charge in [0, 0.05) is 5.56 Å². The lowest BCUT2D eigenvalue weighted by Crippen LogP contribution is -2.31. The zero-order valence-corrected chi connectivity index (χ0v) is 9.77. The van der Waals surface area contributed by atoms with Crippen molar-refractivity contribution in [3.63, 3.8) is 0 Å². The summed E-state index contributed by atoms with van der Waals surface area (Å²) in [7, 11) is 0. The van der Waals surface area contributed by atoms with Gasteiger partial charge < -0.3 is 14.9 Å². The van der Waals surface area contributed by atoms with Gasteiger partial charge in [-0.05, 0) is 37.0 Å². The molecule has 1 unspecified atom stereocenters. The molecule has 1 aliphatic carbocycles. The van der Waals surface area contributed by atoms with E-state index in [9.17, 15) is 9.50 Å². The molecule has 1 aromatic rings. The van der Waals surface area contributed by atoms with Gasteiger partial charge in [0.15, 0.2) is 0 Å². The molecule has 0 spiro atoms. The third kappa shape index (κ3) is 2.76. The summed E-state index contributed by atoms with van der Waals surface area (Å²) >= 11 is 0. The number of halogens is 1. The van der Waals surface area contributed by atoms with Gasteiger partial charge in [0.2, 0.25) is 0 Å². The molecule has 17 heavy (non-hydrogen) atoms. The minimum absolute atomic E-state index is 0.0809. The van der Waals surface area contributed by atoms with Gasteiger partial charge in [0.25, 0.3) is 0 Å². The lowest BCUT2D eigenvalue weighted by molar-refractivity contribution is 0.0718. The van der Waals surface area contributed by atoms with Crippen LogP contribution in [0, 0.1) is 11.7 Å². The molecule has 1 atom stereocenters. The van der Waals surface area contributed by atoms with Crippen molar-refractivity contribution in [2.24, 2.45) is 5.92 Å². The summed E-state index contributed by atoms with van der Waals surface area (Å²) in [4.78, 5) is 0. The molecule has 0 radical (unpaired) electrons. The Morgan fingerprint density at radius 3 is 2.76 bits per heavy atom. The highest BCUT2D eigenvalue weighted by molar-refractivity contribution is 5.31. The van der Waals surface area contributed by atoms with Gasteiger partial charge in [-0.25, -0.2) is 4.39 Å². The van der Waals surface area contributed by atoms with Crippen molar-refractivity contribution in [3.8, 4) is 5.75 Å². The summed E-state index contributed by atoms with van der Waals surface area (Å²) < 4.78 is 19.0. The Morgan fingerprint density at radius 2 is 2.18 bits per heavy atom. The fraction of sp³-hybridized carbons (Fsp3) is 0.538. The number of aliphatic hydroxyl groups is 2. The lowest BCUT2D eigenvalue weighted by atomic mass is 9.84. The Bertz CT molecular complexity index is 388. The molecule has 2 N–H and O–H groups in total. The second kappa shape index (κ2) is 5.02. The minimum atomic E-state index is -1.20. The van der Waals surface area contributed by atoms with E-state index in [1.807, 2.05) is 0 Å². The molecule has 1 aromatic carbocycles. The first-order valence-electron chi connectivity index (χ1n) is 5.85. The van der Waals surface area contributed by atoms with Gasteiger partial charge in [-0.15, -0.1) is 0 Å². The van der Waals surface area contributed by atoms with E-state index in [0.29, 0.717) is 11.7 Å². The van der Waals surface area contributed by atoms with Crippen LogP contribution in [-0.4, -0.2) is 22.9 Å². The Balaban J connectivity index is 2.08. The van der Waals surface area contributed by atoms with Crippen LogP contribution in [0.1, 0.15) is 31.4 Å². The Hall–Kier alpha value is -1.13. The third-order valence-corrected chi connectivity index (χ3v) is 3.13. The van der Waals surface area contributed by atoms with Crippen molar-refractivity contribution in [3.05, 3.63) is 29.6 Å². The van der Waals surface area contributed by atoms with Crippen molar-refractivity contribution >= 4 is 0 Å². The van der Waals surface area contributed by atoms with Crippen LogP contribution in [0.5, 0.6) is 5.75 Å². The molecule has 1 saturated carbocycles. The van der Waals surface area contributed by atoms with Crippen LogP contribution in [0.25, 0.3) is 0 Å². The molecule has 0 aliphatic heterocycles. The normalized spacial score (nSPS) is 25.2. The second-order valence-corrected chi connectivity index (χ2v) is 4.70. The second-order valence-electron chi connectivity index (χ2n) is 4.70. The number of aliphatic hydroxyl groups excluding tert-OH is 2. The van der Waals surface area contributed by atoms with Crippen molar-refractivity contribution in [2.75, 3.05) is 6.61 Å². The first kappa shape index (κ1) is 12.3. The quantitative estimate of drug-likeness (QED) is 0.846. The van der Waals surface area contributed by atoms with Crippen LogP contribution in [0.4, 0.5) is 4.39 Å². The van der Waals surface area contributed by atoms with Crippen LogP contribution in [0.15, 0.2) is 18.2 Å². The number of benzene rings is 1. The van der Waals surface area contributed by atoms with E-state index in [-0.39, 0.29) is 11.7 Å². The zero-order chi connectivity index (χ0) is 12.4. The molecule has 3 nitrogen and oxygen atoms in total. The summed E-state index contributed by atoms with van der Waals surface area (Å²) in [6, 6.07) is 4.26. The van der Waals surface area contributed by atoms with E-state index in [4.69, 9.17) is 9.84 Å². The summed E-state index contributed by atoms with van der Waals surface area (Å²) in [6.07, 6.45) is 1.01. The standard InChI is InChI=1S/C13H17FO3/c1-8-4-10(5-8)17-9-2-3-12(14)11(6-9)13(16)7-15/h2-3,6,8,10,13,15-16H,4-5,7H2,1H3. The average molecular weight is 240 g/mol. The predicted octanol–water partition coefficient (Wildman–Crippen LogP) is 2.03. The van der Waals surface area contributed by atoms with E-state index >= 15 is 0 Å². The summed E-state index contributed by atoms with van der Waals surface area (Å²) in [5.74, 6) is 0.703. The van der Waals surface area contributed by atoms with Crippen molar-refractivity contribution in [1.29, 1.82) is 0 Å². The Labute approximate surface area is 99.8 Å². The number of hydrogen-bond donors (Lipinski definition) is 2. The molecule has 0 saturated heterocycles. The maximum absolute atomic E-state index is 13.4. The van der Waals surface area contributed by atoms with Crippen molar-refractivity contribution in [2.45, 2.75) is 32.0 Å². The van der Waals surface area contributed by atoms with Crippen LogP contribution >= 0.6 is 0 Å². The molecule has 1 fully saturated rings. The molecule has 0 bridgehead atoms. The average Bonchev–Trinajstić information content (AvgIpc) is 2.28. The molecular formula is C13H17FO3. The van der Waals surface area contributed by atoms with E-state index in [2.05, 4.69) is 6.92 Å². The molecule has 0 amide bonds. The minimum Gasteiger partial charge on any atom is -0.490 e. The van der Waals surface area contributed by atoms with Gasteiger partial charge >= 0.3 is 0 Å². The molecule has 0 heterocycles. The van der Waals surface area contributed by atoms with E-state index in [0.717, 1.165) is 12.8 Å². The number of rotatable bonds is 4. The summed E-state index contributed by atoms with van der Waals surface area (Å²) in [5.41, 5.74) is 0.0809. The Kier molecular flexibility index (Phi) is 3.64. The van der Waals surface area contributed by atoms with Gasteiger partial charge in [0.1, 0.15) is 17.7 Å². The Morgan fingerprint density at radius 1 is 1.47 bits per heavy atom. The molecule has 94 valence electrons. The zero-order valence-electron chi connectivity index (χ0n) is 9.77. The van der Waals surface area contributed by atoms with Crippen molar-refractivity contribution < 1.29 is 19.3 Å². The van der Waals surface area contributed by atoms with Gasteiger partial charge in [-0.3, -0.25) is 0 Å². The molecule has 2 rings (SSSR count). The van der Waals surface area contributed by atoms with Gasteiger partial charge in [-0.2, -0.15) is 0 Å². The van der Waals surface area contributed by atoms with Gasteiger partial charge in [0.05, 0.1) is 12.7 Å². The number of hydrogen-bond acceptors (Lipinski definition) is 3. The predicted molar refractivity (Wildman–Crippen MR) is 61.3 cm³/mol. The highest BCUT2D eigenvalue weighted by atomic mass is 19.1. The molecule has 4 heteroatoms. The smallest absolute Gasteiger partial charge is 0.129 e. The van der Waals surface area contributed by atoms with Gasteiger partial charge in [-0.1, -0.05) is 6.92 Å². The highest BCUT2D eigenvalue weighted by Gasteiger charge is 2.27. The largest absolute Gasteiger partial charge is 0.490 e. The lowest BCUT2D eigenvalue weighted by Gasteiger charge is -2.33. The van der Waals surface area contributed by atoms with Crippen LogP contribution in [0.3, 0.4) is 0 Å². The van der Waals surface area contributed by atoms with E-state index in [1.165, 1.54) is 12.1 Å². The molecule has 1 aliphatic rings. The van der Waals surface area contributed by atoms with E-state index < -0.39 is 18.5 Å². The fourth-order valence-corrected chi connectivity index (χ4v) is 2.07.